The van der Waals surface area contributed by atoms with E-state index in [2.05, 4.69) is 15.9 Å². The molecular formula is C22H19BrClNO5S. The Morgan fingerprint density at radius 2 is 1.61 bits per heavy atom. The van der Waals surface area contributed by atoms with Crippen LogP contribution in [0.4, 0.5) is 5.69 Å². The standard InChI is InChI=1S/C22H19BrClNO5S/c1-15-13-19(9-12-21(15)23)30-14-22(26)25(17-5-7-18(29-2)8-6-17)31(27,28)20-10-3-16(24)4-11-20/h3-13H,14H2,1-2H3. The minimum absolute atomic E-state index is 0.0689. The van der Waals surface area contributed by atoms with Gasteiger partial charge < -0.3 is 9.47 Å². The van der Waals surface area contributed by atoms with Gasteiger partial charge in [0, 0.05) is 9.50 Å². The first kappa shape index (κ1) is 23.1. The van der Waals surface area contributed by atoms with E-state index in [1.165, 1.54) is 43.5 Å². The lowest BCUT2D eigenvalue weighted by molar-refractivity contribution is -0.119. The lowest BCUT2D eigenvalue weighted by atomic mass is 10.2. The summed E-state index contributed by atoms with van der Waals surface area (Å²) in [5.74, 6) is 0.231. The third kappa shape index (κ3) is 5.39. The number of rotatable bonds is 7. The topological polar surface area (TPSA) is 72.9 Å². The molecule has 0 atom stereocenters. The summed E-state index contributed by atoms with van der Waals surface area (Å²) in [6.45, 7) is 1.41. The first-order valence-corrected chi connectivity index (χ1v) is 11.7. The third-order valence-electron chi connectivity index (χ3n) is 4.38. The van der Waals surface area contributed by atoms with E-state index in [0.29, 0.717) is 16.5 Å². The van der Waals surface area contributed by atoms with E-state index in [-0.39, 0.29) is 10.6 Å². The van der Waals surface area contributed by atoms with Gasteiger partial charge in [-0.15, -0.1) is 0 Å². The summed E-state index contributed by atoms with van der Waals surface area (Å²) >= 11 is 9.29. The molecule has 0 aliphatic carbocycles. The molecule has 9 heteroatoms. The first-order valence-electron chi connectivity index (χ1n) is 9.09. The van der Waals surface area contributed by atoms with Crippen molar-refractivity contribution in [1.82, 2.24) is 0 Å². The quantitative estimate of drug-likeness (QED) is 0.424. The van der Waals surface area contributed by atoms with Gasteiger partial charge in [-0.3, -0.25) is 4.79 Å². The van der Waals surface area contributed by atoms with Crippen molar-refractivity contribution in [2.45, 2.75) is 11.8 Å². The zero-order valence-corrected chi connectivity index (χ0v) is 19.9. The molecule has 3 aromatic carbocycles. The van der Waals surface area contributed by atoms with Gasteiger partial charge in [0.25, 0.3) is 15.9 Å². The number of carbonyl (C=O) groups excluding carboxylic acids is 1. The van der Waals surface area contributed by atoms with Gasteiger partial charge in [0.1, 0.15) is 11.5 Å². The maximum Gasteiger partial charge on any atom is 0.278 e. The Kier molecular flexibility index (Phi) is 7.25. The molecule has 1 amide bonds. The van der Waals surface area contributed by atoms with Gasteiger partial charge in [-0.1, -0.05) is 27.5 Å². The van der Waals surface area contributed by atoms with Crippen LogP contribution in [0.25, 0.3) is 0 Å². The van der Waals surface area contributed by atoms with E-state index in [4.69, 9.17) is 21.1 Å². The van der Waals surface area contributed by atoms with Crippen molar-refractivity contribution in [2.24, 2.45) is 0 Å². The fourth-order valence-corrected chi connectivity index (χ4v) is 4.54. The van der Waals surface area contributed by atoms with Crippen LogP contribution in [0.1, 0.15) is 5.56 Å². The van der Waals surface area contributed by atoms with Gasteiger partial charge >= 0.3 is 0 Å². The molecule has 0 bridgehead atoms. The number of hydrogen-bond acceptors (Lipinski definition) is 5. The number of methoxy groups -OCH3 is 1. The molecule has 0 unspecified atom stereocenters. The second-order valence-electron chi connectivity index (χ2n) is 6.51. The maximum atomic E-state index is 13.3. The molecule has 0 heterocycles. The van der Waals surface area contributed by atoms with Crippen LogP contribution in [0.5, 0.6) is 11.5 Å². The highest BCUT2D eigenvalue weighted by molar-refractivity contribution is 9.10. The van der Waals surface area contributed by atoms with Crippen LogP contribution in [-0.2, 0) is 14.8 Å². The normalized spacial score (nSPS) is 11.1. The van der Waals surface area contributed by atoms with Gasteiger partial charge in [0.2, 0.25) is 0 Å². The first-order chi connectivity index (χ1) is 14.7. The number of sulfonamides is 1. The highest BCUT2D eigenvalue weighted by atomic mass is 79.9. The van der Waals surface area contributed by atoms with Gasteiger partial charge in [-0.25, -0.2) is 8.42 Å². The fourth-order valence-electron chi connectivity index (χ4n) is 2.76. The number of halogens is 2. The summed E-state index contributed by atoms with van der Waals surface area (Å²) in [6.07, 6.45) is 0. The van der Waals surface area contributed by atoms with Crippen LogP contribution >= 0.6 is 27.5 Å². The smallest absolute Gasteiger partial charge is 0.278 e. The Labute approximate surface area is 194 Å². The van der Waals surface area contributed by atoms with Crippen LogP contribution in [0, 0.1) is 6.92 Å². The molecule has 0 fully saturated rings. The highest BCUT2D eigenvalue weighted by Gasteiger charge is 2.31. The van der Waals surface area contributed by atoms with E-state index >= 15 is 0 Å². The molecular weight excluding hydrogens is 506 g/mol. The van der Waals surface area contributed by atoms with Crippen molar-refractivity contribution < 1.29 is 22.7 Å². The number of aryl methyl sites for hydroxylation is 1. The van der Waals surface area contributed by atoms with Crippen LogP contribution in [0.15, 0.2) is 76.1 Å². The summed E-state index contributed by atoms with van der Waals surface area (Å²) in [7, 11) is -2.72. The molecule has 0 aliphatic heterocycles. The van der Waals surface area contributed by atoms with E-state index < -0.39 is 22.5 Å². The number of ether oxygens (including phenoxy) is 2. The van der Waals surface area contributed by atoms with Gasteiger partial charge in [-0.05, 0) is 79.2 Å². The zero-order valence-electron chi connectivity index (χ0n) is 16.7. The number of amides is 1. The number of nitrogens with zero attached hydrogens (tertiary/aromatic N) is 1. The second-order valence-corrected chi connectivity index (χ2v) is 9.59. The summed E-state index contributed by atoms with van der Waals surface area (Å²) in [6, 6.07) is 17.0. The minimum atomic E-state index is -4.21. The Balaban J connectivity index is 1.95. The molecule has 0 aliphatic rings. The monoisotopic (exact) mass is 523 g/mol. The van der Waals surface area contributed by atoms with Gasteiger partial charge in [0.05, 0.1) is 17.7 Å². The Hall–Kier alpha value is -2.55. The predicted molar refractivity (Wildman–Crippen MR) is 123 cm³/mol. The van der Waals surface area contributed by atoms with E-state index in [1.807, 2.05) is 6.92 Å². The average molecular weight is 525 g/mol. The van der Waals surface area contributed by atoms with Crippen LogP contribution < -0.4 is 13.8 Å². The highest BCUT2D eigenvalue weighted by Crippen LogP contribution is 2.27. The van der Waals surface area contributed by atoms with Gasteiger partial charge in [0.15, 0.2) is 6.61 Å². The summed E-state index contributed by atoms with van der Waals surface area (Å²) in [4.78, 5) is 13.0. The number of carbonyl (C=O) groups is 1. The van der Waals surface area contributed by atoms with Crippen LogP contribution in [-0.4, -0.2) is 28.0 Å². The van der Waals surface area contributed by atoms with Crippen molar-refractivity contribution in [3.05, 3.63) is 81.8 Å². The summed E-state index contributed by atoms with van der Waals surface area (Å²) < 4.78 is 39.0. The average Bonchev–Trinajstić information content (AvgIpc) is 2.75. The molecule has 0 radical (unpaired) electrons. The van der Waals surface area contributed by atoms with Gasteiger partial charge in [-0.2, -0.15) is 4.31 Å². The Morgan fingerprint density at radius 3 is 2.19 bits per heavy atom. The van der Waals surface area contributed by atoms with Crippen LogP contribution in [0.3, 0.4) is 0 Å². The minimum Gasteiger partial charge on any atom is -0.497 e. The Bertz CT molecular complexity index is 1180. The zero-order chi connectivity index (χ0) is 22.6. The molecule has 162 valence electrons. The summed E-state index contributed by atoms with van der Waals surface area (Å²) in [5.41, 5.74) is 1.09. The molecule has 3 aromatic rings. The van der Waals surface area contributed by atoms with E-state index in [0.717, 1.165) is 14.3 Å². The van der Waals surface area contributed by atoms with Crippen molar-refractivity contribution in [3.8, 4) is 11.5 Å². The number of anilines is 1. The number of benzene rings is 3. The van der Waals surface area contributed by atoms with Crippen molar-refractivity contribution in [1.29, 1.82) is 0 Å². The fraction of sp³-hybridized carbons (Fsp3) is 0.136. The molecule has 0 N–H and O–H groups in total. The lowest BCUT2D eigenvalue weighted by Crippen LogP contribution is -2.40. The largest absolute Gasteiger partial charge is 0.497 e. The number of hydrogen-bond donors (Lipinski definition) is 0. The summed E-state index contributed by atoms with van der Waals surface area (Å²) in [5, 5.41) is 0.384. The van der Waals surface area contributed by atoms with E-state index in [9.17, 15) is 13.2 Å². The predicted octanol–water partition coefficient (Wildman–Crippen LogP) is 5.22. The third-order valence-corrected chi connectivity index (χ3v) is 7.28. The maximum absolute atomic E-state index is 13.3. The second kappa shape index (κ2) is 9.72. The van der Waals surface area contributed by atoms with Crippen molar-refractivity contribution >= 4 is 49.1 Å². The molecule has 0 spiro atoms. The molecule has 31 heavy (non-hydrogen) atoms. The van der Waals surface area contributed by atoms with Crippen molar-refractivity contribution in [3.63, 3.8) is 0 Å². The molecule has 0 saturated carbocycles. The lowest BCUT2D eigenvalue weighted by Gasteiger charge is -2.23. The van der Waals surface area contributed by atoms with Crippen molar-refractivity contribution in [2.75, 3.05) is 18.0 Å². The molecule has 0 saturated heterocycles. The molecule has 0 aromatic heterocycles. The van der Waals surface area contributed by atoms with E-state index in [1.54, 1.807) is 30.3 Å². The Morgan fingerprint density at radius 1 is 1.00 bits per heavy atom. The van der Waals surface area contributed by atoms with Crippen LogP contribution in [0.2, 0.25) is 5.02 Å². The molecule has 3 rings (SSSR count). The SMILES string of the molecule is COc1ccc(N(C(=O)COc2ccc(Br)c(C)c2)S(=O)(=O)c2ccc(Cl)cc2)cc1. The molecule has 6 nitrogen and oxygen atoms in total.